The van der Waals surface area contributed by atoms with Gasteiger partial charge in [0.05, 0.1) is 0 Å². The molecule has 98 valence electrons. The minimum atomic E-state index is -1.16. The predicted molar refractivity (Wildman–Crippen MR) is 62.1 cm³/mol. The van der Waals surface area contributed by atoms with Crippen molar-refractivity contribution in [2.24, 2.45) is 5.73 Å². The van der Waals surface area contributed by atoms with Gasteiger partial charge in [-0.2, -0.15) is 0 Å². The van der Waals surface area contributed by atoms with E-state index in [1.807, 2.05) is 0 Å². The van der Waals surface area contributed by atoms with E-state index in [1.54, 1.807) is 13.8 Å². The van der Waals surface area contributed by atoms with E-state index in [2.05, 4.69) is 0 Å². The van der Waals surface area contributed by atoms with Crippen molar-refractivity contribution in [3.05, 3.63) is 0 Å². The largest absolute Gasteiger partial charge is 0.480 e. The molecule has 0 heterocycles. The molecule has 17 heavy (non-hydrogen) atoms. The number of carboxylic acid groups (broad SMARTS) is 1. The van der Waals surface area contributed by atoms with Gasteiger partial charge in [-0.05, 0) is 19.4 Å². The van der Waals surface area contributed by atoms with E-state index < -0.39 is 23.8 Å². The summed E-state index contributed by atoms with van der Waals surface area (Å²) in [6.07, 6.45) is 0.876. The van der Waals surface area contributed by atoms with Gasteiger partial charge in [0.1, 0.15) is 6.04 Å². The van der Waals surface area contributed by atoms with Crippen LogP contribution in [0.1, 0.15) is 39.5 Å². The lowest BCUT2D eigenvalue weighted by atomic mass is 10.1. The van der Waals surface area contributed by atoms with Gasteiger partial charge in [-0.25, -0.2) is 4.79 Å². The third kappa shape index (κ3) is 4.52. The molecule has 6 heteroatoms. The van der Waals surface area contributed by atoms with Gasteiger partial charge in [-0.15, -0.1) is 0 Å². The Bertz CT molecular complexity index is 275. The Morgan fingerprint density at radius 2 is 1.65 bits per heavy atom. The maximum Gasteiger partial charge on any atom is 0.326 e. The lowest BCUT2D eigenvalue weighted by Gasteiger charge is -2.26. The van der Waals surface area contributed by atoms with E-state index in [-0.39, 0.29) is 19.3 Å². The summed E-state index contributed by atoms with van der Waals surface area (Å²) in [6, 6.07) is -1.10. The van der Waals surface area contributed by atoms with Gasteiger partial charge in [0.15, 0.2) is 0 Å². The molecule has 0 saturated carbocycles. The molecular formula is C11H20N2O4. The van der Waals surface area contributed by atoms with Crippen LogP contribution in [-0.2, 0) is 14.4 Å². The molecule has 0 aromatic heterocycles. The quantitative estimate of drug-likeness (QED) is 0.673. The van der Waals surface area contributed by atoms with Crippen LogP contribution in [0.4, 0.5) is 0 Å². The van der Waals surface area contributed by atoms with Crippen molar-refractivity contribution in [1.29, 1.82) is 0 Å². The van der Waals surface area contributed by atoms with Crippen LogP contribution >= 0.6 is 0 Å². The molecule has 0 saturated heterocycles. The van der Waals surface area contributed by atoms with E-state index in [9.17, 15) is 14.4 Å². The fourth-order valence-corrected chi connectivity index (χ4v) is 1.50. The van der Waals surface area contributed by atoms with Gasteiger partial charge in [0, 0.05) is 12.8 Å². The van der Waals surface area contributed by atoms with Gasteiger partial charge in [-0.3, -0.25) is 14.5 Å². The summed E-state index contributed by atoms with van der Waals surface area (Å²) in [6.45, 7) is 3.53. The normalized spacial score (nSPS) is 11.9. The fourth-order valence-electron chi connectivity index (χ4n) is 1.50. The Hall–Kier alpha value is -1.43. The number of imide groups is 1. The first-order chi connectivity index (χ1) is 7.99. The first-order valence-corrected chi connectivity index (χ1v) is 5.77. The van der Waals surface area contributed by atoms with E-state index in [0.29, 0.717) is 13.0 Å². The monoisotopic (exact) mass is 244 g/mol. The third-order valence-corrected chi connectivity index (χ3v) is 2.42. The summed E-state index contributed by atoms with van der Waals surface area (Å²) < 4.78 is 0. The number of hydrogen-bond acceptors (Lipinski definition) is 4. The van der Waals surface area contributed by atoms with E-state index >= 15 is 0 Å². The summed E-state index contributed by atoms with van der Waals surface area (Å²) in [5.74, 6) is -2.08. The summed E-state index contributed by atoms with van der Waals surface area (Å²) in [5, 5.41) is 9.07. The molecule has 0 fully saturated rings. The highest BCUT2D eigenvalue weighted by Crippen LogP contribution is 2.11. The first kappa shape index (κ1) is 15.6. The number of nitrogens with two attached hydrogens (primary N) is 1. The minimum Gasteiger partial charge on any atom is -0.480 e. The fraction of sp³-hybridized carbons (Fsp3) is 0.727. The SMILES string of the molecule is CCC(=O)N(C(=O)CC)C(CCCN)C(=O)O. The Morgan fingerprint density at radius 3 is 1.94 bits per heavy atom. The Kier molecular flexibility index (Phi) is 7.13. The van der Waals surface area contributed by atoms with Crippen LogP contribution in [0.2, 0.25) is 0 Å². The van der Waals surface area contributed by atoms with E-state index in [1.165, 1.54) is 0 Å². The molecule has 0 aromatic rings. The smallest absolute Gasteiger partial charge is 0.326 e. The van der Waals surface area contributed by atoms with Crippen molar-refractivity contribution in [1.82, 2.24) is 4.90 Å². The van der Waals surface area contributed by atoms with Crippen molar-refractivity contribution >= 4 is 17.8 Å². The molecule has 0 aliphatic heterocycles. The molecule has 1 unspecified atom stereocenters. The minimum absolute atomic E-state index is 0.109. The molecule has 0 aliphatic carbocycles. The molecule has 0 aromatic carbocycles. The molecule has 3 N–H and O–H groups in total. The van der Waals surface area contributed by atoms with Gasteiger partial charge >= 0.3 is 5.97 Å². The molecule has 0 radical (unpaired) electrons. The van der Waals surface area contributed by atoms with Crippen LogP contribution in [0.25, 0.3) is 0 Å². The molecule has 6 nitrogen and oxygen atoms in total. The highest BCUT2D eigenvalue weighted by atomic mass is 16.4. The zero-order valence-corrected chi connectivity index (χ0v) is 10.3. The molecule has 2 amide bonds. The number of rotatable bonds is 7. The number of carbonyl (C=O) groups is 3. The zero-order valence-electron chi connectivity index (χ0n) is 10.3. The number of nitrogens with zero attached hydrogens (tertiary/aromatic N) is 1. The van der Waals surface area contributed by atoms with Crippen LogP contribution in [-0.4, -0.2) is 40.4 Å². The average Bonchev–Trinajstić information content (AvgIpc) is 2.32. The number of aliphatic carboxylic acids is 1. The summed E-state index contributed by atoms with van der Waals surface area (Å²) in [7, 11) is 0. The van der Waals surface area contributed by atoms with Crippen LogP contribution in [0.15, 0.2) is 0 Å². The second-order valence-electron chi connectivity index (χ2n) is 3.65. The van der Waals surface area contributed by atoms with Crippen molar-refractivity contribution in [2.45, 2.75) is 45.6 Å². The van der Waals surface area contributed by atoms with Gasteiger partial charge < -0.3 is 10.8 Å². The molecule has 0 bridgehead atoms. The number of carbonyl (C=O) groups excluding carboxylic acids is 2. The van der Waals surface area contributed by atoms with Crippen LogP contribution in [0.3, 0.4) is 0 Å². The second-order valence-corrected chi connectivity index (χ2v) is 3.65. The van der Waals surface area contributed by atoms with Crippen LogP contribution in [0, 0.1) is 0 Å². The molecular weight excluding hydrogens is 224 g/mol. The van der Waals surface area contributed by atoms with Crippen LogP contribution < -0.4 is 5.73 Å². The second kappa shape index (κ2) is 7.78. The molecule has 0 rings (SSSR count). The Morgan fingerprint density at radius 1 is 1.18 bits per heavy atom. The standard InChI is InChI=1S/C11H20N2O4/c1-3-9(14)13(10(15)4-2)8(11(16)17)6-5-7-12/h8H,3-7,12H2,1-2H3,(H,16,17). The third-order valence-electron chi connectivity index (χ3n) is 2.42. The number of amides is 2. The molecule has 0 spiro atoms. The first-order valence-electron chi connectivity index (χ1n) is 5.77. The molecule has 1 atom stereocenters. The Labute approximate surface area is 101 Å². The number of carboxylic acids is 1. The van der Waals surface area contributed by atoms with Gasteiger partial charge in [0.25, 0.3) is 0 Å². The predicted octanol–water partition coefficient (Wildman–Crippen LogP) is 0.354. The van der Waals surface area contributed by atoms with Crippen molar-refractivity contribution in [3.8, 4) is 0 Å². The topological polar surface area (TPSA) is 101 Å². The average molecular weight is 244 g/mol. The Balaban J connectivity index is 4.99. The van der Waals surface area contributed by atoms with Crippen molar-refractivity contribution < 1.29 is 19.5 Å². The van der Waals surface area contributed by atoms with Gasteiger partial charge in [-0.1, -0.05) is 13.8 Å². The van der Waals surface area contributed by atoms with E-state index in [0.717, 1.165) is 4.90 Å². The van der Waals surface area contributed by atoms with Gasteiger partial charge in [0.2, 0.25) is 11.8 Å². The summed E-state index contributed by atoms with van der Waals surface area (Å²) >= 11 is 0. The number of hydrogen-bond donors (Lipinski definition) is 2. The highest BCUT2D eigenvalue weighted by molar-refractivity contribution is 5.99. The maximum atomic E-state index is 11.6. The lowest BCUT2D eigenvalue weighted by molar-refractivity contribution is -0.158. The highest BCUT2D eigenvalue weighted by Gasteiger charge is 2.32. The molecule has 0 aliphatic rings. The lowest BCUT2D eigenvalue weighted by Crippen LogP contribution is -2.48. The van der Waals surface area contributed by atoms with Crippen molar-refractivity contribution in [3.63, 3.8) is 0 Å². The van der Waals surface area contributed by atoms with Crippen molar-refractivity contribution in [2.75, 3.05) is 6.54 Å². The van der Waals surface area contributed by atoms with E-state index in [4.69, 9.17) is 10.8 Å². The zero-order chi connectivity index (χ0) is 13.4. The van der Waals surface area contributed by atoms with Crippen LogP contribution in [0.5, 0.6) is 0 Å². The summed E-state index contributed by atoms with van der Waals surface area (Å²) in [4.78, 5) is 35.2. The maximum absolute atomic E-state index is 11.6. The summed E-state index contributed by atoms with van der Waals surface area (Å²) in [5.41, 5.74) is 5.31.